The molecule has 0 saturated heterocycles. The molecule has 1 N–H and O–H groups in total. The average molecular weight is 269 g/mol. The maximum absolute atomic E-state index is 9.64. The first-order chi connectivity index (χ1) is 8.56. The number of hydrogen-bond donors (Lipinski definition) is 1. The lowest BCUT2D eigenvalue weighted by atomic mass is 10.1. The standard InChI is InChI=1S/C12H13ClN2O3/c1-7(16)10-5-9(13)3-4-11(10)17-6-12-14-8(2)18-15-12/h3-5,7,16H,6H2,1-2H3/t7-/m1/s1. The van der Waals surface area contributed by atoms with E-state index in [-0.39, 0.29) is 6.61 Å². The van der Waals surface area contributed by atoms with Crippen LogP contribution in [0.15, 0.2) is 22.7 Å². The van der Waals surface area contributed by atoms with Crippen molar-refractivity contribution < 1.29 is 14.4 Å². The van der Waals surface area contributed by atoms with E-state index in [2.05, 4.69) is 10.1 Å². The Labute approximate surface area is 109 Å². The number of halogens is 1. The molecule has 96 valence electrons. The lowest BCUT2D eigenvalue weighted by molar-refractivity contribution is 0.189. The third kappa shape index (κ3) is 3.00. The molecule has 1 atom stereocenters. The minimum absolute atomic E-state index is 0.179. The Morgan fingerprint density at radius 3 is 2.89 bits per heavy atom. The Balaban J connectivity index is 2.13. The second kappa shape index (κ2) is 5.37. The van der Waals surface area contributed by atoms with Gasteiger partial charge in [0.2, 0.25) is 11.7 Å². The Bertz CT molecular complexity index is 540. The Kier molecular flexibility index (Phi) is 3.84. The number of aliphatic hydroxyl groups excluding tert-OH is 1. The van der Waals surface area contributed by atoms with E-state index in [1.54, 1.807) is 32.0 Å². The molecule has 0 unspecified atom stereocenters. The van der Waals surface area contributed by atoms with Crippen molar-refractivity contribution in [3.05, 3.63) is 40.5 Å². The Hall–Kier alpha value is -1.59. The summed E-state index contributed by atoms with van der Waals surface area (Å²) in [6, 6.07) is 5.07. The molecule has 0 aliphatic rings. The van der Waals surface area contributed by atoms with Crippen LogP contribution in [0.25, 0.3) is 0 Å². The zero-order chi connectivity index (χ0) is 13.1. The second-order valence-corrected chi connectivity index (χ2v) is 4.31. The first-order valence-corrected chi connectivity index (χ1v) is 5.83. The van der Waals surface area contributed by atoms with Crippen LogP contribution in [0.2, 0.25) is 5.02 Å². The summed E-state index contributed by atoms with van der Waals surface area (Å²) in [5, 5.41) is 13.9. The third-order valence-electron chi connectivity index (χ3n) is 2.35. The fourth-order valence-corrected chi connectivity index (χ4v) is 1.70. The fraction of sp³-hybridized carbons (Fsp3) is 0.333. The molecule has 0 aliphatic carbocycles. The van der Waals surface area contributed by atoms with Crippen molar-refractivity contribution >= 4 is 11.6 Å². The molecule has 0 spiro atoms. The van der Waals surface area contributed by atoms with Gasteiger partial charge >= 0.3 is 0 Å². The summed E-state index contributed by atoms with van der Waals surface area (Å²) in [7, 11) is 0. The smallest absolute Gasteiger partial charge is 0.223 e. The molecule has 2 rings (SSSR count). The average Bonchev–Trinajstić information content (AvgIpc) is 2.73. The van der Waals surface area contributed by atoms with E-state index >= 15 is 0 Å². The van der Waals surface area contributed by atoms with E-state index in [9.17, 15) is 5.11 Å². The van der Waals surface area contributed by atoms with Gasteiger partial charge in [0.1, 0.15) is 5.75 Å². The molecule has 0 bridgehead atoms. The van der Waals surface area contributed by atoms with Gasteiger partial charge in [0.05, 0.1) is 6.10 Å². The maximum atomic E-state index is 9.64. The molecule has 6 heteroatoms. The van der Waals surface area contributed by atoms with Crippen molar-refractivity contribution in [2.24, 2.45) is 0 Å². The summed E-state index contributed by atoms with van der Waals surface area (Å²) < 4.78 is 10.4. The number of nitrogens with zero attached hydrogens (tertiary/aromatic N) is 2. The Morgan fingerprint density at radius 2 is 2.28 bits per heavy atom. The molecule has 2 aromatic rings. The predicted molar refractivity (Wildman–Crippen MR) is 65.5 cm³/mol. The predicted octanol–water partition coefficient (Wildman–Crippen LogP) is 2.66. The largest absolute Gasteiger partial charge is 0.485 e. The first kappa shape index (κ1) is 12.9. The molecule has 18 heavy (non-hydrogen) atoms. The summed E-state index contributed by atoms with van der Waals surface area (Å²) in [4.78, 5) is 4.03. The highest BCUT2D eigenvalue weighted by Crippen LogP contribution is 2.28. The van der Waals surface area contributed by atoms with Crippen molar-refractivity contribution in [3.63, 3.8) is 0 Å². The van der Waals surface area contributed by atoms with Crippen molar-refractivity contribution in [1.29, 1.82) is 0 Å². The lowest BCUT2D eigenvalue weighted by Crippen LogP contribution is -2.02. The topological polar surface area (TPSA) is 68.4 Å². The minimum Gasteiger partial charge on any atom is -0.485 e. The van der Waals surface area contributed by atoms with Crippen LogP contribution in [0.1, 0.15) is 30.3 Å². The van der Waals surface area contributed by atoms with Crippen molar-refractivity contribution in [1.82, 2.24) is 10.1 Å². The zero-order valence-corrected chi connectivity index (χ0v) is 10.8. The number of aromatic nitrogens is 2. The quantitative estimate of drug-likeness (QED) is 0.923. The number of aliphatic hydroxyl groups is 1. The van der Waals surface area contributed by atoms with E-state index in [0.29, 0.717) is 28.1 Å². The SMILES string of the molecule is Cc1nc(COc2ccc(Cl)cc2[C@@H](C)O)no1. The van der Waals surface area contributed by atoms with E-state index in [0.717, 1.165) is 0 Å². The molecule has 5 nitrogen and oxygen atoms in total. The summed E-state index contributed by atoms with van der Waals surface area (Å²) in [6.07, 6.45) is -0.661. The van der Waals surface area contributed by atoms with E-state index in [1.165, 1.54) is 0 Å². The highest BCUT2D eigenvalue weighted by Gasteiger charge is 2.11. The number of aryl methyl sites for hydroxylation is 1. The van der Waals surface area contributed by atoms with Crippen LogP contribution in [-0.4, -0.2) is 15.2 Å². The highest BCUT2D eigenvalue weighted by atomic mass is 35.5. The van der Waals surface area contributed by atoms with Gasteiger partial charge in [0.15, 0.2) is 6.61 Å². The van der Waals surface area contributed by atoms with E-state index < -0.39 is 6.10 Å². The van der Waals surface area contributed by atoms with Gasteiger partial charge in [-0.25, -0.2) is 0 Å². The van der Waals surface area contributed by atoms with Gasteiger partial charge in [0.25, 0.3) is 0 Å². The van der Waals surface area contributed by atoms with Crippen LogP contribution in [-0.2, 0) is 6.61 Å². The maximum Gasteiger partial charge on any atom is 0.223 e. The van der Waals surface area contributed by atoms with Gasteiger partial charge in [0, 0.05) is 17.5 Å². The van der Waals surface area contributed by atoms with Gasteiger partial charge in [-0.3, -0.25) is 0 Å². The number of ether oxygens (including phenoxy) is 1. The van der Waals surface area contributed by atoms with Crippen LogP contribution in [0.5, 0.6) is 5.75 Å². The van der Waals surface area contributed by atoms with Gasteiger partial charge in [-0.05, 0) is 25.1 Å². The molecular weight excluding hydrogens is 256 g/mol. The van der Waals surface area contributed by atoms with Crippen LogP contribution in [0, 0.1) is 6.92 Å². The monoisotopic (exact) mass is 268 g/mol. The van der Waals surface area contributed by atoms with Gasteiger partial charge < -0.3 is 14.4 Å². The summed E-state index contributed by atoms with van der Waals surface area (Å²) in [6.45, 7) is 3.54. The molecular formula is C12H13ClN2O3. The molecule has 1 aromatic carbocycles. The normalized spacial score (nSPS) is 12.4. The van der Waals surface area contributed by atoms with Crippen molar-refractivity contribution in [3.8, 4) is 5.75 Å². The van der Waals surface area contributed by atoms with Crippen molar-refractivity contribution in [2.45, 2.75) is 26.6 Å². The molecule has 0 saturated carbocycles. The van der Waals surface area contributed by atoms with Gasteiger partial charge in [-0.2, -0.15) is 4.98 Å². The second-order valence-electron chi connectivity index (χ2n) is 3.88. The number of hydrogen-bond acceptors (Lipinski definition) is 5. The Morgan fingerprint density at radius 1 is 1.50 bits per heavy atom. The molecule has 0 fully saturated rings. The fourth-order valence-electron chi connectivity index (χ4n) is 1.52. The van der Waals surface area contributed by atoms with E-state index in [1.807, 2.05) is 0 Å². The molecule has 0 radical (unpaired) electrons. The number of benzene rings is 1. The minimum atomic E-state index is -0.661. The van der Waals surface area contributed by atoms with Gasteiger partial charge in [-0.15, -0.1) is 0 Å². The lowest BCUT2D eigenvalue weighted by Gasteiger charge is -2.12. The van der Waals surface area contributed by atoms with Crippen LogP contribution < -0.4 is 4.74 Å². The highest BCUT2D eigenvalue weighted by molar-refractivity contribution is 6.30. The summed E-state index contributed by atoms with van der Waals surface area (Å²) in [5.41, 5.74) is 0.628. The zero-order valence-electron chi connectivity index (χ0n) is 10.1. The molecule has 0 amide bonds. The van der Waals surface area contributed by atoms with Crippen LogP contribution in [0.4, 0.5) is 0 Å². The van der Waals surface area contributed by atoms with E-state index in [4.69, 9.17) is 20.9 Å². The molecule has 1 heterocycles. The number of rotatable bonds is 4. The summed E-state index contributed by atoms with van der Waals surface area (Å²) in [5.74, 6) is 1.50. The van der Waals surface area contributed by atoms with Crippen molar-refractivity contribution in [2.75, 3.05) is 0 Å². The third-order valence-corrected chi connectivity index (χ3v) is 2.58. The summed E-state index contributed by atoms with van der Waals surface area (Å²) >= 11 is 5.88. The first-order valence-electron chi connectivity index (χ1n) is 5.46. The molecule has 1 aromatic heterocycles. The van der Waals surface area contributed by atoms with Crippen LogP contribution in [0.3, 0.4) is 0 Å². The van der Waals surface area contributed by atoms with Gasteiger partial charge in [-0.1, -0.05) is 16.8 Å². The van der Waals surface area contributed by atoms with Crippen LogP contribution >= 0.6 is 11.6 Å². The molecule has 0 aliphatic heterocycles.